The lowest BCUT2D eigenvalue weighted by atomic mass is 10.3. The normalized spacial score (nSPS) is 10.6. The molecule has 2 aromatic rings. The van der Waals surface area contributed by atoms with Gasteiger partial charge in [0.2, 0.25) is 0 Å². The van der Waals surface area contributed by atoms with E-state index in [0.29, 0.717) is 45.7 Å². The maximum atomic E-state index is 6.09. The number of rotatable bonds is 5. The SMILES string of the molecule is CCOCc1nc(Cl)cc(Nc2cc(Cl)ccc2Cl)n1. The molecular weight excluding hydrogens is 321 g/mol. The molecule has 7 heteroatoms. The summed E-state index contributed by atoms with van der Waals surface area (Å²) in [7, 11) is 0. The highest BCUT2D eigenvalue weighted by Crippen LogP contribution is 2.28. The van der Waals surface area contributed by atoms with Gasteiger partial charge in [-0.25, -0.2) is 9.97 Å². The Bertz CT molecular complexity index is 607. The van der Waals surface area contributed by atoms with Crippen LogP contribution in [-0.2, 0) is 11.3 Å². The second-order valence-electron chi connectivity index (χ2n) is 3.88. The Morgan fingerprint density at radius 2 is 1.95 bits per heavy atom. The lowest BCUT2D eigenvalue weighted by Gasteiger charge is -2.10. The van der Waals surface area contributed by atoms with Gasteiger partial charge in [0.1, 0.15) is 17.6 Å². The quantitative estimate of drug-likeness (QED) is 0.805. The van der Waals surface area contributed by atoms with Crippen molar-refractivity contribution in [2.45, 2.75) is 13.5 Å². The van der Waals surface area contributed by atoms with Crippen LogP contribution in [0.1, 0.15) is 12.7 Å². The van der Waals surface area contributed by atoms with Gasteiger partial charge < -0.3 is 10.1 Å². The predicted molar refractivity (Wildman–Crippen MR) is 82.1 cm³/mol. The Hall–Kier alpha value is -1.07. The van der Waals surface area contributed by atoms with E-state index in [9.17, 15) is 0 Å². The third-order valence-corrected chi connectivity index (χ3v) is 3.13. The summed E-state index contributed by atoms with van der Waals surface area (Å²) in [5.74, 6) is 1.03. The van der Waals surface area contributed by atoms with E-state index in [1.807, 2.05) is 6.92 Å². The Kier molecular flexibility index (Phi) is 5.43. The highest BCUT2D eigenvalue weighted by atomic mass is 35.5. The van der Waals surface area contributed by atoms with E-state index in [1.54, 1.807) is 24.3 Å². The van der Waals surface area contributed by atoms with E-state index in [0.717, 1.165) is 0 Å². The molecule has 0 aliphatic heterocycles. The van der Waals surface area contributed by atoms with Gasteiger partial charge in [-0.1, -0.05) is 34.8 Å². The summed E-state index contributed by atoms with van der Waals surface area (Å²) in [5, 5.41) is 4.51. The molecule has 0 saturated carbocycles. The lowest BCUT2D eigenvalue weighted by Crippen LogP contribution is -2.03. The summed E-state index contributed by atoms with van der Waals surface area (Å²) < 4.78 is 5.26. The van der Waals surface area contributed by atoms with Gasteiger partial charge in [-0.3, -0.25) is 0 Å². The molecule has 106 valence electrons. The summed E-state index contributed by atoms with van der Waals surface area (Å²) in [4.78, 5) is 8.39. The Balaban J connectivity index is 2.24. The van der Waals surface area contributed by atoms with Crippen LogP contribution in [0.4, 0.5) is 11.5 Å². The lowest BCUT2D eigenvalue weighted by molar-refractivity contribution is 0.128. The molecule has 2 rings (SSSR count). The van der Waals surface area contributed by atoms with Crippen molar-refractivity contribution in [3.8, 4) is 0 Å². The summed E-state index contributed by atoms with van der Waals surface area (Å²) in [5.41, 5.74) is 0.649. The average Bonchev–Trinajstić information content (AvgIpc) is 2.40. The monoisotopic (exact) mass is 331 g/mol. The van der Waals surface area contributed by atoms with E-state index in [-0.39, 0.29) is 0 Å². The maximum Gasteiger partial charge on any atom is 0.158 e. The van der Waals surface area contributed by atoms with Crippen molar-refractivity contribution < 1.29 is 4.74 Å². The fourth-order valence-corrected chi connectivity index (χ4v) is 2.06. The number of anilines is 2. The molecule has 4 nitrogen and oxygen atoms in total. The smallest absolute Gasteiger partial charge is 0.158 e. The number of halogens is 3. The Morgan fingerprint density at radius 3 is 2.70 bits per heavy atom. The van der Waals surface area contributed by atoms with Crippen molar-refractivity contribution in [2.24, 2.45) is 0 Å². The number of nitrogens with one attached hydrogen (secondary N) is 1. The van der Waals surface area contributed by atoms with Crippen molar-refractivity contribution in [2.75, 3.05) is 11.9 Å². The maximum absolute atomic E-state index is 6.09. The molecule has 1 aromatic heterocycles. The number of hydrogen-bond donors (Lipinski definition) is 1. The first kappa shape index (κ1) is 15.3. The minimum atomic E-state index is 0.301. The second kappa shape index (κ2) is 7.09. The van der Waals surface area contributed by atoms with E-state index >= 15 is 0 Å². The minimum Gasteiger partial charge on any atom is -0.374 e. The van der Waals surface area contributed by atoms with Gasteiger partial charge in [-0.15, -0.1) is 0 Å². The van der Waals surface area contributed by atoms with Crippen molar-refractivity contribution in [1.82, 2.24) is 9.97 Å². The molecule has 0 amide bonds. The van der Waals surface area contributed by atoms with Crippen LogP contribution in [0.3, 0.4) is 0 Å². The number of nitrogens with zero attached hydrogens (tertiary/aromatic N) is 2. The molecule has 0 aliphatic carbocycles. The molecule has 1 N–H and O–H groups in total. The van der Waals surface area contributed by atoms with Crippen molar-refractivity contribution in [1.29, 1.82) is 0 Å². The molecule has 0 saturated heterocycles. The van der Waals surface area contributed by atoms with Crippen LogP contribution >= 0.6 is 34.8 Å². The highest BCUT2D eigenvalue weighted by Gasteiger charge is 2.07. The molecule has 0 unspecified atom stereocenters. The van der Waals surface area contributed by atoms with Gasteiger partial charge >= 0.3 is 0 Å². The van der Waals surface area contributed by atoms with E-state index < -0.39 is 0 Å². The molecule has 20 heavy (non-hydrogen) atoms. The van der Waals surface area contributed by atoms with Crippen molar-refractivity contribution in [3.63, 3.8) is 0 Å². The second-order valence-corrected chi connectivity index (χ2v) is 5.11. The van der Waals surface area contributed by atoms with Gasteiger partial charge in [0.05, 0.1) is 10.7 Å². The van der Waals surface area contributed by atoms with Gasteiger partial charge in [-0.05, 0) is 25.1 Å². The van der Waals surface area contributed by atoms with Gasteiger partial charge in [0.15, 0.2) is 5.82 Å². The summed E-state index contributed by atoms with van der Waals surface area (Å²) >= 11 is 18.0. The topological polar surface area (TPSA) is 47.0 Å². The summed E-state index contributed by atoms with van der Waals surface area (Å²) in [6.07, 6.45) is 0. The first-order valence-electron chi connectivity index (χ1n) is 5.91. The zero-order valence-corrected chi connectivity index (χ0v) is 12.9. The summed E-state index contributed by atoms with van der Waals surface area (Å²) in [6, 6.07) is 6.73. The van der Waals surface area contributed by atoms with Crippen LogP contribution in [0, 0.1) is 0 Å². The zero-order chi connectivity index (χ0) is 14.5. The molecule has 0 spiro atoms. The fraction of sp³-hybridized carbons (Fsp3) is 0.231. The van der Waals surface area contributed by atoms with Crippen LogP contribution in [0.15, 0.2) is 24.3 Å². The van der Waals surface area contributed by atoms with Crippen LogP contribution in [-0.4, -0.2) is 16.6 Å². The van der Waals surface area contributed by atoms with E-state index in [1.165, 1.54) is 0 Å². The van der Waals surface area contributed by atoms with Gasteiger partial charge in [0.25, 0.3) is 0 Å². The van der Waals surface area contributed by atoms with Crippen molar-refractivity contribution >= 4 is 46.3 Å². The average molecular weight is 333 g/mol. The predicted octanol–water partition coefficient (Wildman–Crippen LogP) is 4.72. The van der Waals surface area contributed by atoms with E-state index in [2.05, 4.69) is 15.3 Å². The molecule has 0 fully saturated rings. The third kappa shape index (κ3) is 4.21. The van der Waals surface area contributed by atoms with Crippen LogP contribution < -0.4 is 5.32 Å². The highest BCUT2D eigenvalue weighted by molar-refractivity contribution is 6.35. The van der Waals surface area contributed by atoms with Gasteiger partial charge in [0, 0.05) is 17.7 Å². The molecule has 0 bridgehead atoms. The van der Waals surface area contributed by atoms with Gasteiger partial charge in [-0.2, -0.15) is 0 Å². The molecule has 1 aromatic carbocycles. The Labute approximate surface area is 132 Å². The minimum absolute atomic E-state index is 0.301. The fourth-order valence-electron chi connectivity index (χ4n) is 1.52. The molecule has 0 atom stereocenters. The van der Waals surface area contributed by atoms with Crippen LogP contribution in [0.5, 0.6) is 0 Å². The van der Waals surface area contributed by atoms with E-state index in [4.69, 9.17) is 39.5 Å². The number of aromatic nitrogens is 2. The van der Waals surface area contributed by atoms with Crippen LogP contribution in [0.25, 0.3) is 0 Å². The van der Waals surface area contributed by atoms with Crippen molar-refractivity contribution in [3.05, 3.63) is 45.3 Å². The standard InChI is InChI=1S/C13H12Cl3N3O/c1-2-20-7-13-18-11(16)6-12(19-13)17-10-5-8(14)3-4-9(10)15/h3-6H,2,7H2,1H3,(H,17,18,19). The number of benzene rings is 1. The molecule has 1 heterocycles. The zero-order valence-electron chi connectivity index (χ0n) is 10.7. The van der Waals surface area contributed by atoms with Crippen LogP contribution in [0.2, 0.25) is 15.2 Å². The summed E-state index contributed by atoms with van der Waals surface area (Å²) in [6.45, 7) is 2.78. The number of ether oxygens (including phenoxy) is 1. The first-order chi connectivity index (χ1) is 9.58. The molecule has 0 aliphatic rings. The largest absolute Gasteiger partial charge is 0.374 e. The third-order valence-electron chi connectivity index (χ3n) is 2.37. The first-order valence-corrected chi connectivity index (χ1v) is 7.05. The molecule has 0 radical (unpaired) electrons. The Morgan fingerprint density at radius 1 is 1.15 bits per heavy atom. The molecular formula is C13H12Cl3N3O. The number of hydrogen-bond acceptors (Lipinski definition) is 4.